The van der Waals surface area contributed by atoms with Crippen molar-refractivity contribution in [2.45, 2.75) is 80.1 Å². The number of hydrogen-bond acceptors (Lipinski definition) is 0. The predicted octanol–water partition coefficient (Wildman–Crippen LogP) is 19.7. The van der Waals surface area contributed by atoms with Crippen LogP contribution in [0, 0.1) is 27.7 Å². The Balaban J connectivity index is 1.16. The molecule has 0 saturated carbocycles. The van der Waals surface area contributed by atoms with Gasteiger partial charge in [-0.2, -0.15) is 0 Å². The topological polar surface area (TPSA) is 9.86 Å². The van der Waals surface area contributed by atoms with E-state index in [1.165, 1.54) is 154 Å². The van der Waals surface area contributed by atoms with Gasteiger partial charge in [0, 0.05) is 43.7 Å². The molecular formula is C70H60N2. The number of nitrogens with zero attached hydrogens (tertiary/aromatic N) is 2. The first-order chi connectivity index (χ1) is 34.7. The maximum atomic E-state index is 2.60. The van der Waals surface area contributed by atoms with E-state index in [2.05, 4.69) is 260 Å². The molecule has 2 heteroatoms. The molecule has 350 valence electrons. The molecule has 2 nitrogen and oxygen atoms in total. The molecule has 0 spiro atoms. The van der Waals surface area contributed by atoms with Crippen LogP contribution in [0.25, 0.3) is 120 Å². The fourth-order valence-electron chi connectivity index (χ4n) is 13.1. The number of benzene rings is 11. The molecule has 0 radical (unpaired) electrons. The smallest absolute Gasteiger partial charge is 0.0615 e. The third kappa shape index (κ3) is 6.27. The Hall–Kier alpha value is -7.94. The van der Waals surface area contributed by atoms with Crippen molar-refractivity contribution in [2.24, 2.45) is 0 Å². The number of rotatable bonds is 4. The molecule has 0 amide bonds. The molecular weight excluding hydrogens is 869 g/mol. The van der Waals surface area contributed by atoms with Crippen LogP contribution in [0.5, 0.6) is 0 Å². The largest absolute Gasteiger partial charge is 0.312 e. The van der Waals surface area contributed by atoms with Crippen molar-refractivity contribution in [3.63, 3.8) is 0 Å². The zero-order chi connectivity index (χ0) is 49.5. The molecule has 0 saturated heterocycles. The monoisotopic (exact) mass is 928 g/mol. The summed E-state index contributed by atoms with van der Waals surface area (Å²) in [4.78, 5) is 0. The fourth-order valence-corrected chi connectivity index (χ4v) is 13.1. The molecule has 72 heavy (non-hydrogen) atoms. The third-order valence-corrected chi connectivity index (χ3v) is 16.3. The minimum Gasteiger partial charge on any atom is -0.312 e. The molecule has 0 fully saturated rings. The normalized spacial score (nSPS) is 12.6. The van der Waals surface area contributed by atoms with Gasteiger partial charge in [0.25, 0.3) is 0 Å². The van der Waals surface area contributed by atoms with Gasteiger partial charge in [-0.05, 0) is 150 Å². The zero-order valence-electron chi connectivity index (χ0n) is 43.2. The third-order valence-electron chi connectivity index (χ3n) is 16.3. The first-order valence-corrected chi connectivity index (χ1v) is 25.8. The highest BCUT2D eigenvalue weighted by atomic mass is 15.0. The molecule has 0 atom stereocenters. The average molecular weight is 929 g/mol. The van der Waals surface area contributed by atoms with E-state index >= 15 is 0 Å². The van der Waals surface area contributed by atoms with Crippen LogP contribution in [0.4, 0.5) is 0 Å². The van der Waals surface area contributed by atoms with Crippen molar-refractivity contribution in [3.05, 3.63) is 216 Å². The first kappa shape index (κ1) is 44.0. The molecule has 11 aromatic carbocycles. The zero-order valence-corrected chi connectivity index (χ0v) is 43.2. The highest BCUT2D eigenvalue weighted by Gasteiger charge is 2.31. The molecule has 0 aliphatic heterocycles. The fraction of sp³-hybridized carbons (Fsp3) is 0.171. The van der Waals surface area contributed by atoms with Crippen molar-refractivity contribution in [3.8, 4) is 33.6 Å². The Bertz CT molecular complexity index is 4010. The van der Waals surface area contributed by atoms with E-state index < -0.39 is 0 Å². The van der Waals surface area contributed by atoms with Gasteiger partial charge in [0.15, 0.2) is 0 Å². The van der Waals surface area contributed by atoms with Gasteiger partial charge >= 0.3 is 0 Å². The van der Waals surface area contributed by atoms with Crippen LogP contribution >= 0.6 is 0 Å². The Kier molecular flexibility index (Phi) is 9.65. The van der Waals surface area contributed by atoms with E-state index in [1.807, 2.05) is 0 Å². The van der Waals surface area contributed by atoms with Gasteiger partial charge in [0.05, 0.1) is 22.4 Å². The summed E-state index contributed by atoms with van der Waals surface area (Å²) in [6.07, 6.45) is 0. The first-order valence-electron chi connectivity index (χ1n) is 25.8. The Morgan fingerprint density at radius 2 is 0.542 bits per heavy atom. The van der Waals surface area contributed by atoms with E-state index in [0.29, 0.717) is 0 Å². The van der Waals surface area contributed by atoms with Crippen molar-refractivity contribution in [1.82, 2.24) is 9.13 Å². The van der Waals surface area contributed by atoms with E-state index in [1.54, 1.807) is 0 Å². The number of aromatic nitrogens is 2. The molecule has 0 N–H and O–H groups in total. The summed E-state index contributed by atoms with van der Waals surface area (Å²) in [6.45, 7) is 23.8. The Morgan fingerprint density at radius 3 is 0.833 bits per heavy atom. The Labute approximate surface area is 422 Å². The summed E-state index contributed by atoms with van der Waals surface area (Å²) in [5, 5.41) is 18.1. The number of fused-ring (bicyclic) bond motifs is 8. The van der Waals surface area contributed by atoms with Crippen LogP contribution in [0.15, 0.2) is 182 Å². The van der Waals surface area contributed by atoms with Gasteiger partial charge in [-0.1, -0.05) is 199 Å². The van der Waals surface area contributed by atoms with Gasteiger partial charge in [-0.25, -0.2) is 0 Å². The van der Waals surface area contributed by atoms with Gasteiger partial charge in [0.2, 0.25) is 0 Å². The lowest BCUT2D eigenvalue weighted by atomic mass is 9.73. The lowest BCUT2D eigenvalue weighted by molar-refractivity contribution is 0.593. The molecule has 2 heterocycles. The van der Waals surface area contributed by atoms with Gasteiger partial charge in [-0.3, -0.25) is 0 Å². The molecule has 13 rings (SSSR count). The minimum absolute atomic E-state index is 0.183. The maximum absolute atomic E-state index is 2.60. The van der Waals surface area contributed by atoms with Gasteiger partial charge in [-0.15, -0.1) is 0 Å². The molecule has 0 aliphatic rings. The van der Waals surface area contributed by atoms with Crippen LogP contribution < -0.4 is 0 Å². The minimum atomic E-state index is -0.183. The van der Waals surface area contributed by atoms with Crippen molar-refractivity contribution < 1.29 is 0 Å². The molecule has 13 aromatic rings. The van der Waals surface area contributed by atoms with Crippen LogP contribution in [0.3, 0.4) is 0 Å². The summed E-state index contributed by atoms with van der Waals surface area (Å²) < 4.78 is 5.21. The SMILES string of the molecule is Cc1c(C)n(-c2c3ccccc3c(-c3ccccc3)c3ccccc23)c2cc3c(C(C)(C)C)c4cc5c(C)c(C)n(-c6c7ccccc7c(-c7ccccc7)c7ccccc67)c5cc4c(C(C)(C)C)c3cc12. The molecule has 0 bridgehead atoms. The van der Waals surface area contributed by atoms with E-state index in [4.69, 9.17) is 0 Å². The second-order valence-corrected chi connectivity index (χ2v) is 22.5. The van der Waals surface area contributed by atoms with Crippen LogP contribution in [-0.4, -0.2) is 9.13 Å². The molecule has 0 aliphatic carbocycles. The highest BCUT2D eigenvalue weighted by Crippen LogP contribution is 2.50. The second-order valence-electron chi connectivity index (χ2n) is 22.5. The van der Waals surface area contributed by atoms with E-state index in [0.717, 1.165) is 0 Å². The summed E-state index contributed by atoms with van der Waals surface area (Å²) in [7, 11) is 0. The molecule has 0 unspecified atom stereocenters. The van der Waals surface area contributed by atoms with Crippen molar-refractivity contribution in [1.29, 1.82) is 0 Å². The van der Waals surface area contributed by atoms with Crippen LogP contribution in [-0.2, 0) is 10.8 Å². The maximum Gasteiger partial charge on any atom is 0.0615 e. The highest BCUT2D eigenvalue weighted by molar-refractivity contribution is 6.22. The summed E-state index contributed by atoms with van der Waals surface area (Å²) >= 11 is 0. The lowest BCUT2D eigenvalue weighted by Gasteiger charge is -2.31. The van der Waals surface area contributed by atoms with Gasteiger partial charge < -0.3 is 9.13 Å². The lowest BCUT2D eigenvalue weighted by Crippen LogP contribution is -2.18. The number of aryl methyl sites for hydroxylation is 2. The van der Waals surface area contributed by atoms with Gasteiger partial charge in [0.1, 0.15) is 0 Å². The van der Waals surface area contributed by atoms with E-state index in [9.17, 15) is 0 Å². The van der Waals surface area contributed by atoms with Crippen LogP contribution in [0.1, 0.15) is 75.2 Å². The number of hydrogen-bond donors (Lipinski definition) is 0. The quantitative estimate of drug-likeness (QED) is 0.156. The average Bonchev–Trinajstić information content (AvgIpc) is 3.76. The summed E-state index contributed by atoms with van der Waals surface area (Å²) in [5.41, 5.74) is 17.6. The van der Waals surface area contributed by atoms with Crippen molar-refractivity contribution >= 4 is 86.4 Å². The van der Waals surface area contributed by atoms with E-state index in [-0.39, 0.29) is 10.8 Å². The predicted molar refractivity (Wildman–Crippen MR) is 312 cm³/mol. The standard InChI is InChI=1S/C70H60N2/c1-41-43(3)71(67-51-33-21-17-29-47(51)63(45-25-13-11-14-26-45)48-30-18-22-34-52(48)67)61-39-59-57(37-55(41)61)65(69(5,6)7)60-40-62-56(38-58(60)66(59)70(8,9)10)42(2)44(4)72(62)68-53-35-23-19-31-49(53)64(46-27-15-12-16-28-46)50-32-20-24-36-54(50)68/h11-40H,1-10H3. The molecule has 2 aromatic heterocycles. The van der Waals surface area contributed by atoms with Crippen LogP contribution in [0.2, 0.25) is 0 Å². The Morgan fingerprint density at radius 1 is 0.278 bits per heavy atom. The van der Waals surface area contributed by atoms with Crippen molar-refractivity contribution in [2.75, 3.05) is 0 Å². The summed E-state index contributed by atoms with van der Waals surface area (Å²) in [5.74, 6) is 0. The second kappa shape index (κ2) is 15.8. The summed E-state index contributed by atoms with van der Waals surface area (Å²) in [6, 6.07) is 68.4.